The minimum Gasteiger partial charge on any atom is -0.480 e. The van der Waals surface area contributed by atoms with Crippen molar-refractivity contribution in [1.29, 1.82) is 0 Å². The van der Waals surface area contributed by atoms with E-state index in [0.29, 0.717) is 19.5 Å². The van der Waals surface area contributed by atoms with Crippen LogP contribution in [0, 0.1) is 5.92 Å². The van der Waals surface area contributed by atoms with Crippen LogP contribution in [-0.2, 0) is 16.1 Å². The maximum absolute atomic E-state index is 11.5. The Balaban J connectivity index is 2.17. The number of rotatable bonds is 9. The number of nitrogens with one attached hydrogen (secondary N) is 2. The van der Waals surface area contributed by atoms with Crippen LogP contribution in [0.15, 0.2) is 30.3 Å². The number of ether oxygens (including phenoxy) is 1. The molecule has 0 spiro atoms. The van der Waals surface area contributed by atoms with Crippen LogP contribution in [0.2, 0.25) is 0 Å². The van der Waals surface area contributed by atoms with Crippen LogP contribution in [0.4, 0.5) is 4.79 Å². The van der Waals surface area contributed by atoms with Gasteiger partial charge in [-0.15, -0.1) is 0 Å². The Morgan fingerprint density at radius 1 is 1.18 bits per heavy atom. The standard InChI is InChI=1S/C16H24N2O4/c1-12(2)10-14(15(19)20)17-8-9-18-16(21)22-11-13-6-4-3-5-7-13/h3-7,12,14,17H,8-11H2,1-2H3,(H,18,21)(H,19,20)/t14-/m0/s1. The summed E-state index contributed by atoms with van der Waals surface area (Å²) in [5.74, 6) is -0.585. The third kappa shape index (κ3) is 7.64. The van der Waals surface area contributed by atoms with Crippen molar-refractivity contribution < 1.29 is 19.4 Å². The summed E-state index contributed by atoms with van der Waals surface area (Å²) in [6, 6.07) is 8.80. The van der Waals surface area contributed by atoms with E-state index in [1.54, 1.807) is 0 Å². The molecule has 0 unspecified atom stereocenters. The quantitative estimate of drug-likeness (QED) is 0.607. The average molecular weight is 308 g/mol. The highest BCUT2D eigenvalue weighted by atomic mass is 16.5. The Bertz CT molecular complexity index is 462. The van der Waals surface area contributed by atoms with Gasteiger partial charge in [0.05, 0.1) is 0 Å². The van der Waals surface area contributed by atoms with E-state index in [2.05, 4.69) is 10.6 Å². The van der Waals surface area contributed by atoms with Gasteiger partial charge in [0.15, 0.2) is 0 Å². The molecule has 3 N–H and O–H groups in total. The van der Waals surface area contributed by atoms with Crippen molar-refractivity contribution in [1.82, 2.24) is 10.6 Å². The molecule has 0 heterocycles. The van der Waals surface area contributed by atoms with Crippen LogP contribution in [-0.4, -0.2) is 36.3 Å². The molecule has 1 rings (SSSR count). The summed E-state index contributed by atoms with van der Waals surface area (Å²) in [4.78, 5) is 22.5. The van der Waals surface area contributed by atoms with Gasteiger partial charge in [-0.1, -0.05) is 44.2 Å². The normalized spacial score (nSPS) is 12.0. The van der Waals surface area contributed by atoms with Gasteiger partial charge in [0.1, 0.15) is 12.6 Å². The highest BCUT2D eigenvalue weighted by molar-refractivity contribution is 5.73. The summed E-state index contributed by atoms with van der Waals surface area (Å²) < 4.78 is 5.05. The minimum absolute atomic E-state index is 0.213. The Morgan fingerprint density at radius 3 is 2.45 bits per heavy atom. The zero-order valence-electron chi connectivity index (χ0n) is 13.0. The predicted octanol–water partition coefficient (Wildman–Crippen LogP) is 2.00. The van der Waals surface area contributed by atoms with Crippen LogP contribution < -0.4 is 10.6 Å². The van der Waals surface area contributed by atoms with E-state index in [9.17, 15) is 9.59 Å². The fraction of sp³-hybridized carbons (Fsp3) is 0.500. The first-order chi connectivity index (χ1) is 10.5. The monoisotopic (exact) mass is 308 g/mol. The second-order valence-corrected chi connectivity index (χ2v) is 5.46. The number of amides is 1. The molecule has 1 amide bonds. The van der Waals surface area contributed by atoms with Crippen molar-refractivity contribution >= 4 is 12.1 Å². The zero-order chi connectivity index (χ0) is 16.4. The molecule has 0 saturated heterocycles. The molecule has 0 bridgehead atoms. The topological polar surface area (TPSA) is 87.7 Å². The SMILES string of the molecule is CC(C)C[C@H](NCCNC(=O)OCc1ccccc1)C(=O)O. The van der Waals surface area contributed by atoms with E-state index in [-0.39, 0.29) is 12.5 Å². The first kappa shape index (κ1) is 18.0. The highest BCUT2D eigenvalue weighted by Gasteiger charge is 2.17. The molecule has 0 aliphatic carbocycles. The average Bonchev–Trinajstić information content (AvgIpc) is 2.48. The number of alkyl carbamates (subject to hydrolysis) is 1. The third-order valence-electron chi connectivity index (χ3n) is 3.00. The summed E-state index contributed by atoms with van der Waals surface area (Å²) in [5, 5.41) is 14.6. The van der Waals surface area contributed by atoms with E-state index >= 15 is 0 Å². The number of aliphatic carboxylic acids is 1. The molecule has 0 radical (unpaired) electrons. The smallest absolute Gasteiger partial charge is 0.407 e. The number of benzene rings is 1. The molecular weight excluding hydrogens is 284 g/mol. The maximum Gasteiger partial charge on any atom is 0.407 e. The molecule has 0 aliphatic rings. The third-order valence-corrected chi connectivity index (χ3v) is 3.00. The highest BCUT2D eigenvalue weighted by Crippen LogP contribution is 2.04. The van der Waals surface area contributed by atoms with E-state index < -0.39 is 18.1 Å². The van der Waals surface area contributed by atoms with Crippen molar-refractivity contribution in [3.05, 3.63) is 35.9 Å². The summed E-state index contributed by atoms with van der Waals surface area (Å²) >= 11 is 0. The van der Waals surface area contributed by atoms with Crippen molar-refractivity contribution in [2.24, 2.45) is 5.92 Å². The number of carboxylic acids is 1. The van der Waals surface area contributed by atoms with Gasteiger partial charge in [0, 0.05) is 13.1 Å². The minimum atomic E-state index is -0.875. The first-order valence-corrected chi connectivity index (χ1v) is 7.39. The van der Waals surface area contributed by atoms with Crippen molar-refractivity contribution in [3.63, 3.8) is 0 Å². The van der Waals surface area contributed by atoms with Gasteiger partial charge in [0.25, 0.3) is 0 Å². The van der Waals surface area contributed by atoms with Crippen LogP contribution in [0.3, 0.4) is 0 Å². The van der Waals surface area contributed by atoms with Gasteiger partial charge in [-0.25, -0.2) is 4.79 Å². The van der Waals surface area contributed by atoms with Crippen LogP contribution in [0.1, 0.15) is 25.8 Å². The summed E-state index contributed by atoms with van der Waals surface area (Å²) in [7, 11) is 0. The van der Waals surface area contributed by atoms with Gasteiger partial charge in [0.2, 0.25) is 0 Å². The van der Waals surface area contributed by atoms with Gasteiger partial charge in [-0.05, 0) is 17.9 Å². The first-order valence-electron chi connectivity index (χ1n) is 7.39. The molecule has 0 saturated carbocycles. The summed E-state index contributed by atoms with van der Waals surface area (Å²) in [6.45, 7) is 4.85. The fourth-order valence-electron chi connectivity index (χ4n) is 1.93. The van der Waals surface area contributed by atoms with E-state index in [1.165, 1.54) is 0 Å². The van der Waals surface area contributed by atoms with Crippen LogP contribution in [0.25, 0.3) is 0 Å². The molecule has 1 aromatic rings. The molecule has 0 aromatic heterocycles. The second kappa shape index (κ2) is 9.78. The fourth-order valence-corrected chi connectivity index (χ4v) is 1.93. The summed E-state index contributed by atoms with van der Waals surface area (Å²) in [6.07, 6.45) is 0.0368. The predicted molar refractivity (Wildman–Crippen MR) is 83.5 cm³/mol. The Hall–Kier alpha value is -2.08. The molecule has 1 aromatic carbocycles. The van der Waals surface area contributed by atoms with Crippen molar-refractivity contribution in [2.45, 2.75) is 32.9 Å². The lowest BCUT2D eigenvalue weighted by molar-refractivity contribution is -0.139. The largest absolute Gasteiger partial charge is 0.480 e. The number of hydrogen-bond donors (Lipinski definition) is 3. The lowest BCUT2D eigenvalue weighted by atomic mass is 10.0. The molecule has 122 valence electrons. The van der Waals surface area contributed by atoms with Gasteiger partial charge >= 0.3 is 12.1 Å². The number of hydrogen-bond acceptors (Lipinski definition) is 4. The molecule has 6 nitrogen and oxygen atoms in total. The van der Waals surface area contributed by atoms with Gasteiger partial charge in [-0.3, -0.25) is 4.79 Å². The Labute approximate surface area is 130 Å². The summed E-state index contributed by atoms with van der Waals surface area (Å²) in [5.41, 5.74) is 0.915. The number of carbonyl (C=O) groups excluding carboxylic acids is 1. The molecule has 6 heteroatoms. The van der Waals surface area contributed by atoms with E-state index in [0.717, 1.165) is 5.56 Å². The van der Waals surface area contributed by atoms with Crippen molar-refractivity contribution in [2.75, 3.05) is 13.1 Å². The zero-order valence-corrected chi connectivity index (χ0v) is 13.0. The van der Waals surface area contributed by atoms with E-state index in [1.807, 2.05) is 44.2 Å². The Kier molecular flexibility index (Phi) is 7.99. The number of carbonyl (C=O) groups is 2. The lowest BCUT2D eigenvalue weighted by Crippen LogP contribution is -2.42. The van der Waals surface area contributed by atoms with E-state index in [4.69, 9.17) is 9.84 Å². The van der Waals surface area contributed by atoms with Crippen LogP contribution >= 0.6 is 0 Å². The molecule has 22 heavy (non-hydrogen) atoms. The maximum atomic E-state index is 11.5. The molecular formula is C16H24N2O4. The lowest BCUT2D eigenvalue weighted by Gasteiger charge is -2.16. The Morgan fingerprint density at radius 2 is 1.86 bits per heavy atom. The second-order valence-electron chi connectivity index (χ2n) is 5.46. The molecule has 1 atom stereocenters. The van der Waals surface area contributed by atoms with Gasteiger partial charge < -0.3 is 20.5 Å². The molecule has 0 fully saturated rings. The number of carboxylic acid groups (broad SMARTS) is 1. The van der Waals surface area contributed by atoms with Gasteiger partial charge in [-0.2, -0.15) is 0 Å². The van der Waals surface area contributed by atoms with Crippen LogP contribution in [0.5, 0.6) is 0 Å². The van der Waals surface area contributed by atoms with Crippen molar-refractivity contribution in [3.8, 4) is 0 Å². The molecule has 0 aliphatic heterocycles.